The van der Waals surface area contributed by atoms with E-state index in [-0.39, 0.29) is 12.5 Å². The molecule has 0 amide bonds. The molecule has 2 atom stereocenters. The first-order valence-electron chi connectivity index (χ1n) is 7.32. The summed E-state index contributed by atoms with van der Waals surface area (Å²) in [6, 6.07) is 9.62. The SMILES string of the molecule is COc1ccc(CCC(c2ccc[nH]2)C(O)CO)cc1OC. The van der Waals surface area contributed by atoms with Crippen LogP contribution in [0.25, 0.3) is 0 Å². The number of H-pyrrole nitrogens is 1. The number of aromatic amines is 1. The van der Waals surface area contributed by atoms with Gasteiger partial charge in [0.25, 0.3) is 0 Å². The predicted molar refractivity (Wildman–Crippen MR) is 84.5 cm³/mol. The summed E-state index contributed by atoms with van der Waals surface area (Å²) >= 11 is 0. The molecule has 120 valence electrons. The summed E-state index contributed by atoms with van der Waals surface area (Å²) in [5.41, 5.74) is 2.03. The number of aliphatic hydroxyl groups excluding tert-OH is 2. The van der Waals surface area contributed by atoms with Gasteiger partial charge in [0.05, 0.1) is 26.9 Å². The lowest BCUT2D eigenvalue weighted by atomic mass is 9.91. The number of hydrogen-bond acceptors (Lipinski definition) is 4. The van der Waals surface area contributed by atoms with Crippen molar-refractivity contribution in [3.05, 3.63) is 47.8 Å². The molecule has 1 aromatic heterocycles. The van der Waals surface area contributed by atoms with Crippen LogP contribution in [0.2, 0.25) is 0 Å². The molecule has 22 heavy (non-hydrogen) atoms. The van der Waals surface area contributed by atoms with Crippen molar-refractivity contribution in [3.8, 4) is 11.5 Å². The van der Waals surface area contributed by atoms with E-state index < -0.39 is 6.10 Å². The van der Waals surface area contributed by atoms with Gasteiger partial charge in [0.2, 0.25) is 0 Å². The standard InChI is InChI=1S/C17H23NO4/c1-21-16-8-6-12(10-17(16)22-2)5-7-13(15(20)11-19)14-4-3-9-18-14/h3-4,6,8-10,13,15,18-20H,5,7,11H2,1-2H3. The van der Waals surface area contributed by atoms with Crippen molar-refractivity contribution in [1.82, 2.24) is 4.98 Å². The molecule has 0 radical (unpaired) electrons. The topological polar surface area (TPSA) is 74.7 Å². The molecule has 0 aliphatic rings. The predicted octanol–water partition coefficient (Wildman–Crippen LogP) is 2.10. The lowest BCUT2D eigenvalue weighted by Gasteiger charge is -2.20. The zero-order chi connectivity index (χ0) is 15.9. The summed E-state index contributed by atoms with van der Waals surface area (Å²) in [6.45, 7) is -0.254. The van der Waals surface area contributed by atoms with Crippen LogP contribution in [0.3, 0.4) is 0 Å². The van der Waals surface area contributed by atoms with Gasteiger partial charge in [-0.3, -0.25) is 0 Å². The Bertz CT molecular complexity index is 568. The van der Waals surface area contributed by atoms with Gasteiger partial charge >= 0.3 is 0 Å². The van der Waals surface area contributed by atoms with E-state index in [1.807, 2.05) is 36.5 Å². The van der Waals surface area contributed by atoms with E-state index >= 15 is 0 Å². The normalized spacial score (nSPS) is 13.6. The van der Waals surface area contributed by atoms with Gasteiger partial charge in [-0.1, -0.05) is 6.07 Å². The Balaban J connectivity index is 2.09. The molecule has 0 saturated heterocycles. The molecule has 2 aromatic rings. The van der Waals surface area contributed by atoms with Crippen LogP contribution < -0.4 is 9.47 Å². The van der Waals surface area contributed by atoms with Crippen LogP contribution in [0.4, 0.5) is 0 Å². The fraction of sp³-hybridized carbons (Fsp3) is 0.412. The highest BCUT2D eigenvalue weighted by Gasteiger charge is 2.21. The van der Waals surface area contributed by atoms with E-state index in [0.717, 1.165) is 24.1 Å². The average Bonchev–Trinajstić information content (AvgIpc) is 3.08. The monoisotopic (exact) mass is 305 g/mol. The molecule has 0 spiro atoms. The smallest absolute Gasteiger partial charge is 0.160 e. The third kappa shape index (κ3) is 3.81. The van der Waals surface area contributed by atoms with Crippen molar-refractivity contribution < 1.29 is 19.7 Å². The molecule has 2 unspecified atom stereocenters. The lowest BCUT2D eigenvalue weighted by molar-refractivity contribution is 0.0690. The maximum atomic E-state index is 10.0. The summed E-state index contributed by atoms with van der Waals surface area (Å²) in [4.78, 5) is 3.11. The highest BCUT2D eigenvalue weighted by Crippen LogP contribution is 2.30. The number of aliphatic hydroxyl groups is 2. The minimum Gasteiger partial charge on any atom is -0.493 e. The number of aryl methyl sites for hydroxylation is 1. The number of ether oxygens (including phenoxy) is 2. The molecule has 5 heteroatoms. The summed E-state index contributed by atoms with van der Waals surface area (Å²) in [5.74, 6) is 1.26. The number of hydrogen-bond donors (Lipinski definition) is 3. The van der Waals surface area contributed by atoms with Crippen molar-refractivity contribution >= 4 is 0 Å². The zero-order valence-electron chi connectivity index (χ0n) is 13.0. The summed E-state index contributed by atoms with van der Waals surface area (Å²) in [6.07, 6.45) is 2.53. The Morgan fingerprint density at radius 3 is 2.50 bits per heavy atom. The molecule has 0 saturated carbocycles. The number of aromatic nitrogens is 1. The molecular formula is C17H23NO4. The summed E-state index contributed by atoms with van der Waals surface area (Å²) in [7, 11) is 3.22. The van der Waals surface area contributed by atoms with Gasteiger partial charge in [-0.05, 0) is 42.7 Å². The molecule has 5 nitrogen and oxygen atoms in total. The molecule has 0 fully saturated rings. The first-order chi connectivity index (χ1) is 10.7. The molecule has 3 N–H and O–H groups in total. The Hall–Kier alpha value is -1.98. The minimum absolute atomic E-state index is 0.131. The molecular weight excluding hydrogens is 282 g/mol. The number of rotatable bonds is 8. The van der Waals surface area contributed by atoms with Gasteiger partial charge in [0.15, 0.2) is 11.5 Å². The first kappa shape index (κ1) is 16.4. The molecule has 1 aromatic carbocycles. The van der Waals surface area contributed by atoms with Gasteiger partial charge in [-0.25, -0.2) is 0 Å². The molecule has 2 rings (SSSR count). The van der Waals surface area contributed by atoms with Crippen molar-refractivity contribution in [3.63, 3.8) is 0 Å². The first-order valence-corrected chi connectivity index (χ1v) is 7.32. The van der Waals surface area contributed by atoms with Crippen molar-refractivity contribution in [2.45, 2.75) is 24.9 Å². The van der Waals surface area contributed by atoms with Gasteiger partial charge < -0.3 is 24.7 Å². The Kier molecular flexibility index (Phi) is 5.86. The van der Waals surface area contributed by atoms with Gasteiger partial charge in [0, 0.05) is 17.8 Å². The second-order valence-corrected chi connectivity index (χ2v) is 5.21. The van der Waals surface area contributed by atoms with E-state index in [9.17, 15) is 10.2 Å². The minimum atomic E-state index is -0.779. The van der Waals surface area contributed by atoms with Crippen LogP contribution in [0.15, 0.2) is 36.5 Å². The maximum Gasteiger partial charge on any atom is 0.160 e. The quantitative estimate of drug-likeness (QED) is 0.698. The molecule has 0 aliphatic heterocycles. The zero-order valence-corrected chi connectivity index (χ0v) is 13.0. The van der Waals surface area contributed by atoms with Crippen LogP contribution in [0, 0.1) is 0 Å². The Morgan fingerprint density at radius 1 is 1.14 bits per heavy atom. The van der Waals surface area contributed by atoms with E-state index in [4.69, 9.17) is 9.47 Å². The van der Waals surface area contributed by atoms with Gasteiger partial charge in [0.1, 0.15) is 0 Å². The second kappa shape index (κ2) is 7.87. The van der Waals surface area contributed by atoms with E-state index in [2.05, 4.69) is 4.98 Å². The summed E-state index contributed by atoms with van der Waals surface area (Å²) in [5, 5.41) is 19.3. The van der Waals surface area contributed by atoms with Gasteiger partial charge in [-0.2, -0.15) is 0 Å². The Labute approximate surface area is 130 Å². The second-order valence-electron chi connectivity index (χ2n) is 5.21. The third-order valence-corrected chi connectivity index (χ3v) is 3.86. The van der Waals surface area contributed by atoms with E-state index in [1.54, 1.807) is 14.2 Å². The van der Waals surface area contributed by atoms with Crippen LogP contribution in [-0.2, 0) is 6.42 Å². The Morgan fingerprint density at radius 2 is 1.91 bits per heavy atom. The fourth-order valence-electron chi connectivity index (χ4n) is 2.62. The number of benzene rings is 1. The van der Waals surface area contributed by atoms with E-state index in [0.29, 0.717) is 11.5 Å². The van der Waals surface area contributed by atoms with Crippen LogP contribution in [-0.4, -0.2) is 42.1 Å². The summed E-state index contributed by atoms with van der Waals surface area (Å²) < 4.78 is 10.5. The van der Waals surface area contributed by atoms with Crippen molar-refractivity contribution in [2.24, 2.45) is 0 Å². The van der Waals surface area contributed by atoms with Crippen molar-refractivity contribution in [2.75, 3.05) is 20.8 Å². The number of methoxy groups -OCH3 is 2. The van der Waals surface area contributed by atoms with Crippen LogP contribution >= 0.6 is 0 Å². The molecule has 1 heterocycles. The highest BCUT2D eigenvalue weighted by atomic mass is 16.5. The van der Waals surface area contributed by atoms with Crippen LogP contribution in [0.5, 0.6) is 11.5 Å². The maximum absolute atomic E-state index is 10.0. The average molecular weight is 305 g/mol. The molecule has 0 bridgehead atoms. The third-order valence-electron chi connectivity index (χ3n) is 3.86. The van der Waals surface area contributed by atoms with Crippen LogP contribution in [0.1, 0.15) is 23.6 Å². The largest absolute Gasteiger partial charge is 0.493 e. The van der Waals surface area contributed by atoms with Gasteiger partial charge in [-0.15, -0.1) is 0 Å². The number of nitrogens with one attached hydrogen (secondary N) is 1. The van der Waals surface area contributed by atoms with Crippen molar-refractivity contribution in [1.29, 1.82) is 0 Å². The van der Waals surface area contributed by atoms with E-state index in [1.165, 1.54) is 0 Å². The lowest BCUT2D eigenvalue weighted by Crippen LogP contribution is -2.23. The fourth-order valence-corrected chi connectivity index (χ4v) is 2.62. The molecule has 0 aliphatic carbocycles. The highest BCUT2D eigenvalue weighted by molar-refractivity contribution is 5.43.